The Bertz CT molecular complexity index is 901. The van der Waals surface area contributed by atoms with E-state index in [1.807, 2.05) is 29.6 Å². The van der Waals surface area contributed by atoms with Gasteiger partial charge < -0.3 is 14.0 Å². The fourth-order valence-electron chi connectivity index (χ4n) is 3.58. The van der Waals surface area contributed by atoms with Gasteiger partial charge in [0, 0.05) is 44.6 Å². The molecule has 0 N–H and O–H groups in total. The monoisotopic (exact) mass is 355 g/mol. The first-order valence-corrected chi connectivity index (χ1v) is 8.85. The van der Waals surface area contributed by atoms with Crippen LogP contribution in [0.2, 0.25) is 0 Å². The topological polar surface area (TPSA) is 64.7 Å². The minimum atomic E-state index is -0.276. The highest BCUT2D eigenvalue weighted by atomic mass is 19.1. The molecule has 4 heterocycles. The van der Waals surface area contributed by atoms with E-state index in [4.69, 9.17) is 0 Å². The second kappa shape index (κ2) is 6.86. The molecule has 0 aliphatic carbocycles. The molecule has 7 nitrogen and oxygen atoms in total. The number of aromatic nitrogens is 6. The molecular weight excluding hydrogens is 333 g/mol. The van der Waals surface area contributed by atoms with Gasteiger partial charge in [-0.15, -0.1) is 10.2 Å². The van der Waals surface area contributed by atoms with E-state index >= 15 is 0 Å². The predicted octanol–water partition coefficient (Wildman–Crippen LogP) is 2.29. The summed E-state index contributed by atoms with van der Waals surface area (Å²) in [6.45, 7) is 4.12. The lowest BCUT2D eigenvalue weighted by Crippen LogP contribution is -2.36. The Morgan fingerprint density at radius 2 is 2.12 bits per heavy atom. The Hall–Kier alpha value is -2.77. The number of hydrogen-bond donors (Lipinski definition) is 0. The summed E-state index contributed by atoms with van der Waals surface area (Å²) in [5, 5.41) is 8.82. The van der Waals surface area contributed by atoms with Gasteiger partial charge in [-0.2, -0.15) is 0 Å². The Labute approximate surface area is 151 Å². The Morgan fingerprint density at radius 3 is 2.88 bits per heavy atom. The Kier molecular flexibility index (Phi) is 4.40. The van der Waals surface area contributed by atoms with Crippen molar-refractivity contribution in [2.45, 2.75) is 32.2 Å². The molecule has 0 unspecified atom stereocenters. The summed E-state index contributed by atoms with van der Waals surface area (Å²) in [7, 11) is 2.00. The number of pyridine rings is 1. The zero-order valence-electron chi connectivity index (χ0n) is 15.0. The molecule has 0 bridgehead atoms. The van der Waals surface area contributed by atoms with Crippen LogP contribution in [0.1, 0.15) is 36.2 Å². The third-order valence-corrected chi connectivity index (χ3v) is 5.06. The van der Waals surface area contributed by atoms with Crippen molar-refractivity contribution in [1.82, 2.24) is 29.3 Å². The molecule has 8 heteroatoms. The average molecular weight is 355 g/mol. The van der Waals surface area contributed by atoms with E-state index in [0.29, 0.717) is 18.9 Å². The lowest BCUT2D eigenvalue weighted by molar-refractivity contribution is 0.469. The largest absolute Gasteiger partial charge is 0.353 e. The highest BCUT2D eigenvalue weighted by Crippen LogP contribution is 2.29. The van der Waals surface area contributed by atoms with Crippen LogP contribution in [0, 0.1) is 12.7 Å². The van der Waals surface area contributed by atoms with Crippen molar-refractivity contribution in [3.8, 4) is 0 Å². The molecule has 3 aromatic rings. The molecular formula is C18H22FN7. The molecule has 26 heavy (non-hydrogen) atoms. The van der Waals surface area contributed by atoms with E-state index in [2.05, 4.69) is 24.7 Å². The molecule has 3 aromatic heterocycles. The number of hydrogen-bond acceptors (Lipinski definition) is 5. The standard InChI is InChI=1S/C18H22FN7/c1-13-20-8-10-25(13)12-16-22-23-17(24(16)2)14-5-4-9-26(11-14)18-15(19)6-3-7-21-18/h3,6-8,10,14H,4-5,9,11-12H2,1-2H3/t14-/m0/s1. The third kappa shape index (κ3) is 3.07. The van der Waals surface area contributed by atoms with E-state index in [-0.39, 0.29) is 11.7 Å². The highest BCUT2D eigenvalue weighted by Gasteiger charge is 2.27. The van der Waals surface area contributed by atoms with Crippen LogP contribution in [-0.2, 0) is 13.6 Å². The number of aryl methyl sites for hydroxylation is 1. The van der Waals surface area contributed by atoms with Gasteiger partial charge in [0.2, 0.25) is 0 Å². The lowest BCUT2D eigenvalue weighted by Gasteiger charge is -2.33. The van der Waals surface area contributed by atoms with E-state index in [0.717, 1.165) is 36.9 Å². The summed E-state index contributed by atoms with van der Waals surface area (Å²) in [5.74, 6) is 3.14. The first-order chi connectivity index (χ1) is 12.6. The van der Waals surface area contributed by atoms with Gasteiger partial charge in [0.15, 0.2) is 17.5 Å². The second-order valence-corrected chi connectivity index (χ2v) is 6.73. The van der Waals surface area contributed by atoms with Crippen molar-refractivity contribution in [1.29, 1.82) is 0 Å². The summed E-state index contributed by atoms with van der Waals surface area (Å²) in [6.07, 6.45) is 7.35. The van der Waals surface area contributed by atoms with E-state index < -0.39 is 0 Å². The summed E-state index contributed by atoms with van der Waals surface area (Å²) >= 11 is 0. The van der Waals surface area contributed by atoms with E-state index in [1.165, 1.54) is 6.07 Å². The molecule has 1 fully saturated rings. The summed E-state index contributed by atoms with van der Waals surface area (Å²) < 4.78 is 18.2. The van der Waals surface area contributed by atoms with E-state index in [9.17, 15) is 4.39 Å². The highest BCUT2D eigenvalue weighted by molar-refractivity contribution is 5.40. The summed E-state index contributed by atoms with van der Waals surface area (Å²) in [6, 6.07) is 3.08. The predicted molar refractivity (Wildman–Crippen MR) is 95.5 cm³/mol. The number of nitrogens with zero attached hydrogens (tertiary/aromatic N) is 7. The van der Waals surface area contributed by atoms with Crippen molar-refractivity contribution in [3.05, 3.63) is 54.0 Å². The van der Waals surface area contributed by atoms with Crippen molar-refractivity contribution in [2.24, 2.45) is 7.05 Å². The minimum Gasteiger partial charge on any atom is -0.353 e. The van der Waals surface area contributed by atoms with Gasteiger partial charge in [-0.25, -0.2) is 14.4 Å². The normalized spacial score (nSPS) is 17.7. The fourth-order valence-corrected chi connectivity index (χ4v) is 3.58. The molecule has 1 aliphatic heterocycles. The number of imidazole rings is 1. The molecule has 0 amide bonds. The molecule has 0 radical (unpaired) electrons. The van der Waals surface area contributed by atoms with Crippen LogP contribution in [0.25, 0.3) is 0 Å². The van der Waals surface area contributed by atoms with E-state index in [1.54, 1.807) is 18.5 Å². The number of piperidine rings is 1. The second-order valence-electron chi connectivity index (χ2n) is 6.73. The quantitative estimate of drug-likeness (QED) is 0.718. The van der Waals surface area contributed by atoms with Crippen LogP contribution in [0.5, 0.6) is 0 Å². The molecule has 1 saturated heterocycles. The van der Waals surface area contributed by atoms with Crippen LogP contribution >= 0.6 is 0 Å². The van der Waals surface area contributed by atoms with Crippen molar-refractivity contribution >= 4 is 5.82 Å². The maximum absolute atomic E-state index is 14.1. The van der Waals surface area contributed by atoms with Gasteiger partial charge in [-0.1, -0.05) is 0 Å². The van der Waals surface area contributed by atoms with Gasteiger partial charge in [0.05, 0.1) is 6.54 Å². The van der Waals surface area contributed by atoms with Crippen molar-refractivity contribution in [3.63, 3.8) is 0 Å². The smallest absolute Gasteiger partial charge is 0.165 e. The Morgan fingerprint density at radius 1 is 1.23 bits per heavy atom. The van der Waals surface area contributed by atoms with Gasteiger partial charge in [0.1, 0.15) is 11.6 Å². The summed E-state index contributed by atoms with van der Waals surface area (Å²) in [4.78, 5) is 10.5. The molecule has 0 aromatic carbocycles. The first kappa shape index (κ1) is 16.7. The van der Waals surface area contributed by atoms with Crippen LogP contribution in [0.4, 0.5) is 10.2 Å². The number of rotatable bonds is 4. The van der Waals surface area contributed by atoms with Crippen LogP contribution in [-0.4, -0.2) is 42.4 Å². The van der Waals surface area contributed by atoms with Gasteiger partial charge >= 0.3 is 0 Å². The fraction of sp³-hybridized carbons (Fsp3) is 0.444. The Balaban J connectivity index is 1.54. The maximum atomic E-state index is 14.1. The molecule has 4 rings (SSSR count). The molecule has 136 valence electrons. The molecule has 1 atom stereocenters. The van der Waals surface area contributed by atoms with Gasteiger partial charge in [-0.05, 0) is 31.9 Å². The van der Waals surface area contributed by atoms with Crippen LogP contribution in [0.3, 0.4) is 0 Å². The van der Waals surface area contributed by atoms with Crippen molar-refractivity contribution < 1.29 is 4.39 Å². The lowest BCUT2D eigenvalue weighted by atomic mass is 9.97. The summed E-state index contributed by atoms with van der Waals surface area (Å²) in [5.41, 5.74) is 0. The molecule has 1 aliphatic rings. The zero-order valence-corrected chi connectivity index (χ0v) is 15.0. The van der Waals surface area contributed by atoms with Crippen LogP contribution in [0.15, 0.2) is 30.7 Å². The number of anilines is 1. The third-order valence-electron chi connectivity index (χ3n) is 5.06. The molecule has 0 spiro atoms. The SMILES string of the molecule is Cc1nccn1Cc1nnc([C@H]2CCCN(c3ncccc3F)C2)n1C. The van der Waals surface area contributed by atoms with Crippen LogP contribution < -0.4 is 4.90 Å². The average Bonchev–Trinajstić information content (AvgIpc) is 3.22. The molecule has 0 saturated carbocycles. The first-order valence-electron chi connectivity index (χ1n) is 8.85. The van der Waals surface area contributed by atoms with Gasteiger partial charge in [-0.3, -0.25) is 0 Å². The zero-order chi connectivity index (χ0) is 18.1. The minimum absolute atomic E-state index is 0.209. The van der Waals surface area contributed by atoms with Gasteiger partial charge in [0.25, 0.3) is 0 Å². The maximum Gasteiger partial charge on any atom is 0.165 e. The van der Waals surface area contributed by atoms with Crippen molar-refractivity contribution in [2.75, 3.05) is 18.0 Å². The number of halogens is 1.